The van der Waals surface area contributed by atoms with Crippen molar-refractivity contribution in [3.05, 3.63) is 41.0 Å². The number of hydrogen-bond acceptors (Lipinski definition) is 5. The molecule has 0 spiro atoms. The van der Waals surface area contributed by atoms with E-state index in [1.807, 2.05) is 25.5 Å². The van der Waals surface area contributed by atoms with Crippen molar-refractivity contribution in [2.45, 2.75) is 40.0 Å². The van der Waals surface area contributed by atoms with Gasteiger partial charge in [0.25, 0.3) is 0 Å². The van der Waals surface area contributed by atoms with Gasteiger partial charge in [-0.05, 0) is 26.3 Å². The lowest BCUT2D eigenvalue weighted by molar-refractivity contribution is -0.0504. The zero-order valence-corrected chi connectivity index (χ0v) is 19.9. The lowest BCUT2D eigenvalue weighted by atomic mass is 10.1. The van der Waals surface area contributed by atoms with Gasteiger partial charge in [-0.1, -0.05) is 17.7 Å². The Morgan fingerprint density at radius 2 is 2.00 bits per heavy atom. The highest BCUT2D eigenvalue weighted by molar-refractivity contribution is 14.0. The molecule has 0 aliphatic heterocycles. The summed E-state index contributed by atoms with van der Waals surface area (Å²) in [5.74, 6) is 2.22. The van der Waals surface area contributed by atoms with E-state index in [1.54, 1.807) is 19.2 Å². The van der Waals surface area contributed by atoms with Crippen LogP contribution in [-0.2, 0) is 24.9 Å². The number of halogens is 3. The number of alkyl halides is 2. The summed E-state index contributed by atoms with van der Waals surface area (Å²) in [7, 11) is 3.53. The van der Waals surface area contributed by atoms with Crippen LogP contribution in [0, 0.1) is 13.8 Å². The van der Waals surface area contributed by atoms with E-state index in [4.69, 9.17) is 4.74 Å². The molecule has 0 amide bonds. The van der Waals surface area contributed by atoms with Crippen molar-refractivity contribution in [2.75, 3.05) is 20.3 Å². The van der Waals surface area contributed by atoms with Crippen LogP contribution in [0.3, 0.4) is 0 Å². The maximum atomic E-state index is 12.7. The summed E-state index contributed by atoms with van der Waals surface area (Å²) in [6.45, 7) is 2.74. The number of aryl methyl sites for hydroxylation is 2. The Hall–Kier alpha value is -2.02. The molecule has 0 saturated heterocycles. The van der Waals surface area contributed by atoms with E-state index in [0.29, 0.717) is 31.2 Å². The van der Waals surface area contributed by atoms with Gasteiger partial charge in [0.15, 0.2) is 11.8 Å². The van der Waals surface area contributed by atoms with E-state index >= 15 is 0 Å². The number of aromatic nitrogens is 3. The fourth-order valence-corrected chi connectivity index (χ4v) is 2.57. The maximum absolute atomic E-state index is 12.7. The van der Waals surface area contributed by atoms with Crippen LogP contribution in [0.15, 0.2) is 23.2 Å². The van der Waals surface area contributed by atoms with Crippen LogP contribution in [0.1, 0.15) is 29.2 Å². The molecule has 0 atom stereocenters. The molecule has 0 bridgehead atoms. The van der Waals surface area contributed by atoms with Gasteiger partial charge in [-0.3, -0.25) is 0 Å². The smallest absolute Gasteiger partial charge is 0.387 e. The van der Waals surface area contributed by atoms with Crippen LogP contribution < -0.4 is 15.4 Å². The van der Waals surface area contributed by atoms with Gasteiger partial charge < -0.3 is 24.7 Å². The molecule has 0 fully saturated rings. The van der Waals surface area contributed by atoms with E-state index in [-0.39, 0.29) is 36.3 Å². The molecule has 1 heterocycles. The number of ether oxygens (including phenoxy) is 2. The Labute approximate surface area is 192 Å². The fraction of sp³-hybridized carbons (Fsp3) is 0.526. The lowest BCUT2D eigenvalue weighted by Gasteiger charge is -2.14. The normalized spacial score (nSPS) is 11.4. The van der Waals surface area contributed by atoms with Gasteiger partial charge in [0.2, 0.25) is 0 Å². The predicted octanol–water partition coefficient (Wildman–Crippen LogP) is 2.92. The predicted molar refractivity (Wildman–Crippen MR) is 121 cm³/mol. The van der Waals surface area contributed by atoms with Gasteiger partial charge in [-0.15, -0.1) is 34.2 Å². The molecule has 0 aliphatic carbocycles. The first-order valence-electron chi connectivity index (χ1n) is 9.31. The van der Waals surface area contributed by atoms with E-state index in [2.05, 4.69) is 30.6 Å². The van der Waals surface area contributed by atoms with Crippen molar-refractivity contribution >= 4 is 29.9 Å². The van der Waals surface area contributed by atoms with E-state index in [0.717, 1.165) is 23.6 Å². The van der Waals surface area contributed by atoms with Crippen molar-refractivity contribution in [3.8, 4) is 5.75 Å². The molecule has 1 aromatic heterocycles. The van der Waals surface area contributed by atoms with Gasteiger partial charge in [-0.25, -0.2) is 4.99 Å². The minimum atomic E-state index is -2.88. The van der Waals surface area contributed by atoms with Crippen LogP contribution in [0.25, 0.3) is 0 Å². The first-order valence-corrected chi connectivity index (χ1v) is 9.31. The molecular formula is C19H29F2IN6O2. The average Bonchev–Trinajstić information content (AvgIpc) is 3.00. The lowest BCUT2D eigenvalue weighted by Crippen LogP contribution is -2.38. The minimum Gasteiger partial charge on any atom is -0.434 e. The molecule has 1 aromatic carbocycles. The first kappa shape index (κ1) is 26.0. The fourth-order valence-electron chi connectivity index (χ4n) is 2.57. The molecule has 0 aliphatic rings. The summed E-state index contributed by atoms with van der Waals surface area (Å²) < 4.78 is 36.9. The third-order valence-electron chi connectivity index (χ3n) is 4.25. The second-order valence-electron chi connectivity index (χ2n) is 6.50. The average molecular weight is 538 g/mol. The Balaban J connectivity index is 0.00000450. The van der Waals surface area contributed by atoms with Crippen LogP contribution in [0.2, 0.25) is 0 Å². The molecule has 2 aromatic rings. The summed E-state index contributed by atoms with van der Waals surface area (Å²) in [4.78, 5) is 4.52. The number of guanidine groups is 1. The molecule has 0 radical (unpaired) electrons. The van der Waals surface area contributed by atoms with Crippen LogP contribution in [0.5, 0.6) is 5.75 Å². The highest BCUT2D eigenvalue weighted by Gasteiger charge is 2.11. The molecule has 168 valence electrons. The molecular weight excluding hydrogens is 509 g/mol. The number of nitrogens with one attached hydrogen (secondary N) is 2. The molecule has 30 heavy (non-hydrogen) atoms. The third-order valence-corrected chi connectivity index (χ3v) is 4.25. The van der Waals surface area contributed by atoms with Crippen LogP contribution in [-0.4, -0.2) is 47.6 Å². The SMILES string of the molecule is COCCCNC(=NCc1cc(C)ccc1OC(F)F)NCc1nnc(C)n1C.I. The van der Waals surface area contributed by atoms with Crippen molar-refractivity contribution in [3.63, 3.8) is 0 Å². The monoisotopic (exact) mass is 538 g/mol. The molecule has 0 saturated carbocycles. The second-order valence-corrected chi connectivity index (χ2v) is 6.50. The van der Waals surface area contributed by atoms with Crippen LogP contribution in [0.4, 0.5) is 8.78 Å². The van der Waals surface area contributed by atoms with E-state index in [1.165, 1.54) is 6.07 Å². The summed E-state index contributed by atoms with van der Waals surface area (Å²) in [5, 5.41) is 14.6. The number of methoxy groups -OCH3 is 1. The van der Waals surface area contributed by atoms with Crippen molar-refractivity contribution in [1.29, 1.82) is 0 Å². The van der Waals surface area contributed by atoms with Crippen molar-refractivity contribution in [2.24, 2.45) is 12.0 Å². The highest BCUT2D eigenvalue weighted by atomic mass is 127. The largest absolute Gasteiger partial charge is 0.434 e. The number of hydrogen-bond donors (Lipinski definition) is 2. The second kappa shape index (κ2) is 13.3. The Bertz CT molecular complexity index is 816. The number of benzene rings is 1. The topological polar surface area (TPSA) is 85.6 Å². The summed E-state index contributed by atoms with van der Waals surface area (Å²) in [5.41, 5.74) is 1.52. The Morgan fingerprint density at radius 1 is 1.23 bits per heavy atom. The zero-order valence-electron chi connectivity index (χ0n) is 17.6. The van der Waals surface area contributed by atoms with Gasteiger partial charge in [0.1, 0.15) is 11.6 Å². The molecule has 2 N–H and O–H groups in total. The maximum Gasteiger partial charge on any atom is 0.387 e. The number of aliphatic imine (C=N–C) groups is 1. The van der Waals surface area contributed by atoms with Gasteiger partial charge in [0, 0.05) is 32.9 Å². The van der Waals surface area contributed by atoms with Crippen molar-refractivity contribution in [1.82, 2.24) is 25.4 Å². The first-order chi connectivity index (χ1) is 13.9. The Kier molecular flexibility index (Phi) is 11.5. The molecule has 8 nitrogen and oxygen atoms in total. The molecule has 11 heteroatoms. The number of rotatable bonds is 10. The summed E-state index contributed by atoms with van der Waals surface area (Å²) >= 11 is 0. The zero-order chi connectivity index (χ0) is 21.2. The van der Waals surface area contributed by atoms with Crippen LogP contribution >= 0.6 is 24.0 Å². The van der Waals surface area contributed by atoms with Gasteiger partial charge >= 0.3 is 6.61 Å². The molecule has 0 unspecified atom stereocenters. The minimum absolute atomic E-state index is 0. The van der Waals surface area contributed by atoms with Gasteiger partial charge in [0.05, 0.1) is 13.1 Å². The standard InChI is InChI=1S/C19H28F2N6O2.HI/c1-13-6-7-16(29-18(20)21)15(10-13)11-23-19(22-8-5-9-28-4)24-12-17-26-25-14(2)27(17)3;/h6-7,10,18H,5,8-9,11-12H2,1-4H3,(H2,22,23,24);1H. The summed E-state index contributed by atoms with van der Waals surface area (Å²) in [6.07, 6.45) is 0.796. The van der Waals surface area contributed by atoms with E-state index in [9.17, 15) is 8.78 Å². The summed E-state index contributed by atoms with van der Waals surface area (Å²) in [6, 6.07) is 5.05. The quantitative estimate of drug-likeness (QED) is 0.210. The number of nitrogens with zero attached hydrogens (tertiary/aromatic N) is 4. The third kappa shape index (κ3) is 8.38. The van der Waals surface area contributed by atoms with E-state index < -0.39 is 6.61 Å². The van der Waals surface area contributed by atoms with Gasteiger partial charge in [-0.2, -0.15) is 8.78 Å². The molecule has 2 rings (SSSR count). The van der Waals surface area contributed by atoms with Crippen molar-refractivity contribution < 1.29 is 18.3 Å². The highest BCUT2D eigenvalue weighted by Crippen LogP contribution is 2.22. The Morgan fingerprint density at radius 3 is 2.63 bits per heavy atom.